The molecule has 0 aliphatic rings. The topological polar surface area (TPSA) is 58.9 Å². The van der Waals surface area contributed by atoms with E-state index in [9.17, 15) is 0 Å². The highest BCUT2D eigenvalue weighted by atomic mass is 32.1. The summed E-state index contributed by atoms with van der Waals surface area (Å²) >= 11 is 1.50. The molecule has 0 saturated carbocycles. The van der Waals surface area contributed by atoms with E-state index < -0.39 is 0 Å². The Morgan fingerprint density at radius 1 is 1.00 bits per heavy atom. The van der Waals surface area contributed by atoms with E-state index in [0.29, 0.717) is 0 Å². The summed E-state index contributed by atoms with van der Waals surface area (Å²) < 4.78 is 7.44. The Kier molecular flexibility index (Phi) is 6.96. The molecule has 0 unspecified atom stereocenters. The lowest BCUT2D eigenvalue weighted by Gasteiger charge is -2.23. The van der Waals surface area contributed by atoms with Gasteiger partial charge in [-0.1, -0.05) is 42.5 Å². The average molecular weight is 480 g/mol. The number of hydrogen-bond acceptors (Lipinski definition) is 6. The molecule has 5 rings (SSSR count). The molecule has 0 aliphatic heterocycles. The van der Waals surface area contributed by atoms with Crippen LogP contribution in [-0.4, -0.2) is 22.4 Å². The summed E-state index contributed by atoms with van der Waals surface area (Å²) in [4.78, 5) is 12.0. The average Bonchev–Trinajstić information content (AvgIpc) is 3.58. The van der Waals surface area contributed by atoms with Crippen LogP contribution in [0.3, 0.4) is 0 Å². The molecule has 0 radical (unpaired) electrons. The summed E-state index contributed by atoms with van der Waals surface area (Å²) in [5.74, 6) is 0.737. The van der Waals surface area contributed by atoms with Crippen LogP contribution < -0.4 is 9.70 Å². The summed E-state index contributed by atoms with van der Waals surface area (Å²) in [6.45, 7) is 3.98. The van der Waals surface area contributed by atoms with Crippen LogP contribution in [0.15, 0.2) is 117 Å². The van der Waals surface area contributed by atoms with Crippen LogP contribution in [0.2, 0.25) is 0 Å². The molecule has 0 bridgehead atoms. The monoisotopic (exact) mass is 479 g/mol. The van der Waals surface area contributed by atoms with Crippen molar-refractivity contribution in [2.45, 2.75) is 13.5 Å². The van der Waals surface area contributed by atoms with Crippen LogP contribution in [0.1, 0.15) is 18.1 Å². The second-order valence-electron chi connectivity index (χ2n) is 7.85. The number of thiazole rings is 1. The third-order valence-electron chi connectivity index (χ3n) is 5.51. The smallest absolute Gasteiger partial charge is 0.211 e. The number of aromatic nitrogens is 2. The van der Waals surface area contributed by atoms with Crippen LogP contribution in [0.25, 0.3) is 11.5 Å². The number of pyridine rings is 1. The molecular formula is C28H25N5OS. The highest BCUT2D eigenvalue weighted by molar-refractivity contribution is 7.07. The van der Waals surface area contributed by atoms with Crippen molar-refractivity contribution in [1.82, 2.24) is 9.66 Å². The molecule has 0 aliphatic carbocycles. The normalized spacial score (nSPS) is 11.9. The molecule has 0 saturated heterocycles. The van der Waals surface area contributed by atoms with E-state index in [2.05, 4.69) is 65.3 Å². The maximum atomic E-state index is 5.63. The maximum absolute atomic E-state index is 5.63. The van der Waals surface area contributed by atoms with Crippen molar-refractivity contribution < 1.29 is 4.42 Å². The van der Waals surface area contributed by atoms with E-state index in [-0.39, 0.29) is 0 Å². The van der Waals surface area contributed by atoms with Gasteiger partial charge in [-0.15, -0.1) is 11.3 Å². The Labute approximate surface area is 208 Å². The summed E-state index contributed by atoms with van der Waals surface area (Å²) in [5, 5.41) is 6.76. The zero-order valence-electron chi connectivity index (χ0n) is 19.4. The number of hydrogen-bond donors (Lipinski definition) is 0. The number of benzene rings is 2. The highest BCUT2D eigenvalue weighted by Gasteiger charge is 2.10. The molecule has 0 atom stereocenters. The van der Waals surface area contributed by atoms with Gasteiger partial charge >= 0.3 is 0 Å². The van der Waals surface area contributed by atoms with Crippen LogP contribution in [0.5, 0.6) is 0 Å². The molecule has 0 N–H and O–H groups in total. The SMILES string of the molecule is CCN(Cc1ccccc1)c1ccc(C=Nn2c(-c3ccco3)csc2=Nc2cccnc2)cc1. The van der Waals surface area contributed by atoms with Gasteiger partial charge in [0.2, 0.25) is 4.80 Å². The molecule has 6 nitrogen and oxygen atoms in total. The van der Waals surface area contributed by atoms with Gasteiger partial charge in [0.05, 0.1) is 24.4 Å². The van der Waals surface area contributed by atoms with E-state index in [4.69, 9.17) is 14.5 Å². The van der Waals surface area contributed by atoms with Crippen molar-refractivity contribution in [2.24, 2.45) is 10.1 Å². The van der Waals surface area contributed by atoms with Gasteiger partial charge < -0.3 is 9.32 Å². The van der Waals surface area contributed by atoms with E-state index in [1.54, 1.807) is 23.3 Å². The standard InChI is InChI=1S/C28H25N5OS/c1-2-32(20-23-8-4-3-5-9-23)25-14-12-22(13-15-25)18-30-33-26(27-11-7-17-34-27)21-35-28(33)31-24-10-6-16-29-19-24/h3-19,21H,2,20H2,1H3. The first-order chi connectivity index (χ1) is 17.3. The van der Waals surface area contributed by atoms with E-state index in [1.165, 1.54) is 22.6 Å². The highest BCUT2D eigenvalue weighted by Crippen LogP contribution is 2.22. The molecule has 5 aromatic rings. The molecule has 35 heavy (non-hydrogen) atoms. The molecule has 0 spiro atoms. The summed E-state index contributed by atoms with van der Waals surface area (Å²) in [6.07, 6.45) is 6.97. The van der Waals surface area contributed by atoms with Crippen molar-refractivity contribution in [1.29, 1.82) is 0 Å². The minimum atomic E-state index is 0.734. The Morgan fingerprint density at radius 3 is 2.57 bits per heavy atom. The minimum Gasteiger partial charge on any atom is -0.463 e. The molecule has 0 amide bonds. The molecule has 174 valence electrons. The maximum Gasteiger partial charge on any atom is 0.211 e. The first-order valence-corrected chi connectivity index (χ1v) is 12.3. The van der Waals surface area contributed by atoms with Crippen molar-refractivity contribution in [3.63, 3.8) is 0 Å². The minimum absolute atomic E-state index is 0.734. The summed E-state index contributed by atoms with van der Waals surface area (Å²) in [6, 6.07) is 26.6. The largest absolute Gasteiger partial charge is 0.463 e. The van der Waals surface area contributed by atoms with Crippen molar-refractivity contribution >= 4 is 28.9 Å². The first-order valence-electron chi connectivity index (χ1n) is 11.4. The Morgan fingerprint density at radius 2 is 1.86 bits per heavy atom. The van der Waals surface area contributed by atoms with Gasteiger partial charge in [0, 0.05) is 30.4 Å². The third kappa shape index (κ3) is 5.47. The fourth-order valence-electron chi connectivity index (χ4n) is 3.70. The van der Waals surface area contributed by atoms with E-state index >= 15 is 0 Å². The predicted molar refractivity (Wildman–Crippen MR) is 142 cm³/mol. The Balaban J connectivity index is 1.42. The Bertz CT molecular complexity index is 1440. The number of furan rings is 1. The number of anilines is 1. The van der Waals surface area contributed by atoms with Crippen molar-refractivity contribution in [2.75, 3.05) is 11.4 Å². The molecule has 0 fully saturated rings. The Hall–Kier alpha value is -4.23. The van der Waals surface area contributed by atoms with Gasteiger partial charge in [0.25, 0.3) is 0 Å². The van der Waals surface area contributed by atoms with E-state index in [1.807, 2.05) is 41.9 Å². The third-order valence-corrected chi connectivity index (χ3v) is 6.32. The van der Waals surface area contributed by atoms with Crippen LogP contribution in [0.4, 0.5) is 11.4 Å². The van der Waals surface area contributed by atoms with Gasteiger partial charge in [-0.25, -0.2) is 9.67 Å². The van der Waals surface area contributed by atoms with Crippen molar-refractivity contribution in [3.8, 4) is 11.5 Å². The summed E-state index contributed by atoms with van der Waals surface area (Å²) in [5.41, 5.74) is 5.09. The van der Waals surface area contributed by atoms with Gasteiger partial charge in [-0.05, 0) is 54.4 Å². The zero-order valence-corrected chi connectivity index (χ0v) is 20.2. The molecular weight excluding hydrogens is 454 g/mol. The fraction of sp³-hybridized carbons (Fsp3) is 0.107. The van der Waals surface area contributed by atoms with Crippen LogP contribution >= 0.6 is 11.3 Å². The van der Waals surface area contributed by atoms with Gasteiger partial charge in [0.15, 0.2) is 5.76 Å². The second kappa shape index (κ2) is 10.8. The van der Waals surface area contributed by atoms with Gasteiger partial charge in [-0.2, -0.15) is 5.10 Å². The molecule has 3 aromatic heterocycles. The first kappa shape index (κ1) is 22.6. The van der Waals surface area contributed by atoms with Crippen LogP contribution in [0, 0.1) is 0 Å². The molecule has 7 heteroatoms. The summed E-state index contributed by atoms with van der Waals surface area (Å²) in [7, 11) is 0. The number of rotatable bonds is 8. The number of nitrogens with zero attached hydrogens (tertiary/aromatic N) is 5. The van der Waals surface area contributed by atoms with E-state index in [0.717, 1.165) is 40.6 Å². The molecule has 2 aromatic carbocycles. The molecule has 3 heterocycles. The second-order valence-corrected chi connectivity index (χ2v) is 8.69. The van der Waals surface area contributed by atoms with Crippen molar-refractivity contribution in [3.05, 3.63) is 119 Å². The van der Waals surface area contributed by atoms with Gasteiger partial charge in [-0.3, -0.25) is 4.98 Å². The quantitative estimate of drug-likeness (QED) is 0.244. The predicted octanol–water partition coefficient (Wildman–Crippen LogP) is 6.35. The lowest BCUT2D eigenvalue weighted by molar-refractivity contribution is 0.575. The van der Waals surface area contributed by atoms with Crippen LogP contribution in [-0.2, 0) is 6.54 Å². The lowest BCUT2D eigenvalue weighted by Crippen LogP contribution is -2.21. The fourth-order valence-corrected chi connectivity index (χ4v) is 4.54. The lowest BCUT2D eigenvalue weighted by atomic mass is 10.1. The zero-order chi connectivity index (χ0) is 23.9. The van der Waals surface area contributed by atoms with Gasteiger partial charge in [0.1, 0.15) is 5.69 Å².